The van der Waals surface area contributed by atoms with Crippen LogP contribution in [0.15, 0.2) is 34.8 Å². The Morgan fingerprint density at radius 3 is 2.60 bits per heavy atom. The Hall–Kier alpha value is -0.550. The van der Waals surface area contributed by atoms with E-state index in [1.54, 1.807) is 11.3 Å². The number of para-hydroxylation sites is 1. The van der Waals surface area contributed by atoms with Crippen molar-refractivity contribution in [1.82, 2.24) is 0 Å². The Labute approximate surface area is 137 Å². The van der Waals surface area contributed by atoms with E-state index in [9.17, 15) is 0 Å². The van der Waals surface area contributed by atoms with Gasteiger partial charge in [-0.25, -0.2) is 0 Å². The number of hydrogen-bond acceptors (Lipinski definition) is 3. The highest BCUT2D eigenvalue weighted by Gasteiger charge is 2.22. The van der Waals surface area contributed by atoms with Gasteiger partial charge < -0.3 is 10.6 Å². The molecule has 0 saturated carbocycles. The first-order valence-corrected chi connectivity index (χ1v) is 8.54. The van der Waals surface area contributed by atoms with E-state index in [1.165, 1.54) is 16.1 Å². The third-order valence-corrected chi connectivity index (χ3v) is 5.93. The molecule has 108 valence electrons. The van der Waals surface area contributed by atoms with E-state index in [4.69, 9.17) is 17.3 Å². The Balaban J connectivity index is 2.40. The number of thiophene rings is 1. The highest BCUT2D eigenvalue weighted by molar-refractivity contribution is 9.10. The van der Waals surface area contributed by atoms with Crippen molar-refractivity contribution >= 4 is 44.6 Å². The van der Waals surface area contributed by atoms with Crippen molar-refractivity contribution in [2.24, 2.45) is 5.73 Å². The molecule has 1 atom stereocenters. The van der Waals surface area contributed by atoms with E-state index in [1.807, 2.05) is 0 Å². The molecule has 2 nitrogen and oxygen atoms in total. The molecule has 1 heterocycles. The van der Waals surface area contributed by atoms with E-state index in [2.05, 4.69) is 65.0 Å². The van der Waals surface area contributed by atoms with Gasteiger partial charge in [-0.05, 0) is 47.5 Å². The third-order valence-electron chi connectivity index (χ3n) is 3.36. The van der Waals surface area contributed by atoms with Crippen LogP contribution in [0, 0.1) is 6.92 Å². The van der Waals surface area contributed by atoms with Crippen LogP contribution < -0.4 is 10.6 Å². The molecule has 1 aromatic heterocycles. The Morgan fingerprint density at radius 2 is 2.10 bits per heavy atom. The van der Waals surface area contributed by atoms with Crippen LogP contribution in [-0.4, -0.2) is 13.1 Å². The average Bonchev–Trinajstić information content (AvgIpc) is 2.76. The van der Waals surface area contributed by atoms with E-state index >= 15 is 0 Å². The van der Waals surface area contributed by atoms with Crippen LogP contribution >= 0.6 is 38.9 Å². The number of likely N-dealkylation sites (N-methyl/N-ethyl adjacent to an activating group) is 1. The summed E-state index contributed by atoms with van der Waals surface area (Å²) in [6.45, 7) is 5.74. The monoisotopic (exact) mass is 372 g/mol. The molecule has 0 aliphatic rings. The lowest BCUT2D eigenvalue weighted by Gasteiger charge is -2.32. The van der Waals surface area contributed by atoms with Gasteiger partial charge in [0.2, 0.25) is 0 Å². The van der Waals surface area contributed by atoms with Crippen molar-refractivity contribution in [3.8, 4) is 0 Å². The molecular weight excluding hydrogens is 356 g/mol. The molecule has 0 amide bonds. The van der Waals surface area contributed by atoms with Crippen LogP contribution in [0.2, 0.25) is 4.34 Å². The van der Waals surface area contributed by atoms with Crippen LogP contribution in [0.25, 0.3) is 0 Å². The predicted molar refractivity (Wildman–Crippen MR) is 93.0 cm³/mol. The van der Waals surface area contributed by atoms with Crippen molar-refractivity contribution in [3.05, 3.63) is 49.6 Å². The van der Waals surface area contributed by atoms with Crippen molar-refractivity contribution in [2.75, 3.05) is 18.0 Å². The number of anilines is 1. The molecule has 0 bridgehead atoms. The van der Waals surface area contributed by atoms with Gasteiger partial charge in [0.1, 0.15) is 4.34 Å². The van der Waals surface area contributed by atoms with Crippen molar-refractivity contribution in [2.45, 2.75) is 19.9 Å². The fraction of sp³-hybridized carbons (Fsp3) is 0.333. The van der Waals surface area contributed by atoms with Crippen molar-refractivity contribution in [3.63, 3.8) is 0 Å². The highest BCUT2D eigenvalue weighted by Crippen LogP contribution is 2.38. The Kier molecular flexibility index (Phi) is 5.49. The minimum Gasteiger partial charge on any atom is -0.362 e. The van der Waals surface area contributed by atoms with Gasteiger partial charge in [0.15, 0.2) is 0 Å². The maximum atomic E-state index is 6.17. The lowest BCUT2D eigenvalue weighted by atomic mass is 10.1. The molecule has 20 heavy (non-hydrogen) atoms. The summed E-state index contributed by atoms with van der Waals surface area (Å²) in [6.07, 6.45) is 0. The summed E-state index contributed by atoms with van der Waals surface area (Å²) in [5.41, 5.74) is 8.52. The molecule has 2 rings (SSSR count). The zero-order valence-corrected chi connectivity index (χ0v) is 14.7. The van der Waals surface area contributed by atoms with Crippen LogP contribution in [0.3, 0.4) is 0 Å². The van der Waals surface area contributed by atoms with Gasteiger partial charge in [0.25, 0.3) is 0 Å². The molecular formula is C15H18BrClN2S. The highest BCUT2D eigenvalue weighted by atomic mass is 79.9. The fourth-order valence-corrected chi connectivity index (χ4v) is 4.23. The smallest absolute Gasteiger partial charge is 0.107 e. The normalized spacial score (nSPS) is 12.4. The first kappa shape index (κ1) is 15.8. The first-order chi connectivity index (χ1) is 9.58. The van der Waals surface area contributed by atoms with Gasteiger partial charge in [0.05, 0.1) is 6.04 Å². The lowest BCUT2D eigenvalue weighted by molar-refractivity contribution is 0.651. The summed E-state index contributed by atoms with van der Waals surface area (Å²) >= 11 is 11.2. The summed E-state index contributed by atoms with van der Waals surface area (Å²) in [5.74, 6) is 0. The lowest BCUT2D eigenvalue weighted by Crippen LogP contribution is -2.33. The van der Waals surface area contributed by atoms with E-state index < -0.39 is 0 Å². The molecule has 0 fully saturated rings. The number of nitrogens with two attached hydrogens (primary N) is 1. The Morgan fingerprint density at radius 1 is 1.40 bits per heavy atom. The first-order valence-electron chi connectivity index (χ1n) is 6.55. The van der Waals surface area contributed by atoms with Crippen LogP contribution in [0.5, 0.6) is 0 Å². The molecule has 1 unspecified atom stereocenters. The summed E-state index contributed by atoms with van der Waals surface area (Å²) in [4.78, 5) is 3.53. The number of hydrogen-bond donors (Lipinski definition) is 1. The summed E-state index contributed by atoms with van der Waals surface area (Å²) in [7, 11) is 0. The maximum absolute atomic E-state index is 6.17. The predicted octanol–water partition coefficient (Wildman–Crippen LogP) is 5.00. The van der Waals surface area contributed by atoms with E-state index in [0.717, 1.165) is 15.4 Å². The number of aryl methyl sites for hydroxylation is 1. The topological polar surface area (TPSA) is 29.3 Å². The number of nitrogens with zero attached hydrogens (tertiary/aromatic N) is 1. The van der Waals surface area contributed by atoms with Crippen LogP contribution in [0.4, 0.5) is 5.69 Å². The van der Waals surface area contributed by atoms with Crippen molar-refractivity contribution in [1.29, 1.82) is 0 Å². The zero-order chi connectivity index (χ0) is 14.7. The van der Waals surface area contributed by atoms with E-state index in [0.29, 0.717) is 6.54 Å². The quantitative estimate of drug-likeness (QED) is 0.799. The minimum atomic E-state index is 0.148. The third kappa shape index (κ3) is 3.19. The molecule has 0 aliphatic carbocycles. The standard InChI is InChI=1S/C15H18BrClN2S/c1-3-19(12-7-5-4-6-10(12)2)13(9-18)14-8-11(16)15(17)20-14/h4-8,13H,3,9,18H2,1-2H3. The number of halogens is 2. The van der Waals surface area contributed by atoms with Gasteiger partial charge in [-0.2, -0.15) is 0 Å². The van der Waals surface area contributed by atoms with E-state index in [-0.39, 0.29) is 6.04 Å². The number of rotatable bonds is 5. The van der Waals surface area contributed by atoms with Gasteiger partial charge in [-0.1, -0.05) is 29.8 Å². The van der Waals surface area contributed by atoms with Gasteiger partial charge in [-0.15, -0.1) is 11.3 Å². The molecule has 2 N–H and O–H groups in total. The van der Waals surface area contributed by atoms with Gasteiger partial charge in [-0.3, -0.25) is 0 Å². The maximum Gasteiger partial charge on any atom is 0.107 e. The minimum absolute atomic E-state index is 0.148. The average molecular weight is 374 g/mol. The molecule has 0 radical (unpaired) electrons. The molecule has 0 saturated heterocycles. The fourth-order valence-electron chi connectivity index (χ4n) is 2.37. The summed E-state index contributed by atoms with van der Waals surface area (Å²) in [6, 6.07) is 10.6. The van der Waals surface area contributed by atoms with Gasteiger partial charge >= 0.3 is 0 Å². The number of benzene rings is 1. The summed E-state index contributed by atoms with van der Waals surface area (Å²) < 4.78 is 1.72. The van der Waals surface area contributed by atoms with Gasteiger partial charge in [0, 0.05) is 28.1 Å². The van der Waals surface area contributed by atoms with Crippen molar-refractivity contribution < 1.29 is 0 Å². The molecule has 0 aliphatic heterocycles. The second kappa shape index (κ2) is 6.94. The SMILES string of the molecule is CCN(c1ccccc1C)C(CN)c1cc(Br)c(Cl)s1. The molecule has 5 heteroatoms. The second-order valence-electron chi connectivity index (χ2n) is 4.59. The zero-order valence-electron chi connectivity index (χ0n) is 11.6. The largest absolute Gasteiger partial charge is 0.362 e. The molecule has 1 aromatic carbocycles. The molecule has 2 aromatic rings. The van der Waals surface area contributed by atoms with Crippen LogP contribution in [0.1, 0.15) is 23.4 Å². The molecule has 0 spiro atoms. The second-order valence-corrected chi connectivity index (χ2v) is 7.13. The van der Waals surface area contributed by atoms with Crippen LogP contribution in [-0.2, 0) is 0 Å². The summed E-state index contributed by atoms with van der Waals surface area (Å²) in [5, 5.41) is 0. The Bertz CT molecular complexity index is 566.